The first kappa shape index (κ1) is 15.2. The minimum absolute atomic E-state index is 0.0175. The predicted molar refractivity (Wildman–Crippen MR) is 65.1 cm³/mol. The summed E-state index contributed by atoms with van der Waals surface area (Å²) in [4.78, 5) is 11.4. The number of aliphatic hydroxyl groups excluding tert-OH is 1. The molecule has 0 aliphatic heterocycles. The Hall–Kier alpha value is -0.830. The van der Waals surface area contributed by atoms with Crippen LogP contribution in [0.1, 0.15) is 46.0 Å². The molecule has 0 bridgehead atoms. The van der Waals surface area contributed by atoms with E-state index in [-0.39, 0.29) is 12.5 Å². The third-order valence-electron chi connectivity index (χ3n) is 2.73. The van der Waals surface area contributed by atoms with Crippen molar-refractivity contribution in [3.8, 4) is 0 Å². The molecule has 0 radical (unpaired) electrons. The average Bonchev–Trinajstić information content (AvgIpc) is 2.31. The fraction of sp³-hybridized carbons (Fsp3) is 0.769. The highest BCUT2D eigenvalue weighted by Crippen LogP contribution is 2.18. The van der Waals surface area contributed by atoms with E-state index in [1.807, 2.05) is 6.92 Å². The number of ether oxygens (including phenoxy) is 1. The van der Waals surface area contributed by atoms with Crippen molar-refractivity contribution in [2.75, 3.05) is 6.61 Å². The van der Waals surface area contributed by atoms with E-state index in [1.165, 1.54) is 6.08 Å². The van der Waals surface area contributed by atoms with Gasteiger partial charge in [0.2, 0.25) is 0 Å². The summed E-state index contributed by atoms with van der Waals surface area (Å²) < 4.78 is 4.84. The summed E-state index contributed by atoms with van der Waals surface area (Å²) in [6, 6.07) is 0. The lowest BCUT2D eigenvalue weighted by Gasteiger charge is -2.19. The number of hydrogen-bond acceptors (Lipinski definition) is 3. The van der Waals surface area contributed by atoms with Crippen molar-refractivity contribution in [1.82, 2.24) is 0 Å². The summed E-state index contributed by atoms with van der Waals surface area (Å²) in [6.45, 7) is 7.75. The van der Waals surface area contributed by atoms with Crippen LogP contribution < -0.4 is 0 Å². The van der Waals surface area contributed by atoms with Crippen LogP contribution in [0.3, 0.4) is 0 Å². The Morgan fingerprint density at radius 3 is 2.62 bits per heavy atom. The van der Waals surface area contributed by atoms with Crippen molar-refractivity contribution >= 4 is 5.97 Å². The van der Waals surface area contributed by atoms with Gasteiger partial charge in [0.25, 0.3) is 0 Å². The molecule has 16 heavy (non-hydrogen) atoms. The quantitative estimate of drug-likeness (QED) is 0.375. The van der Waals surface area contributed by atoms with Gasteiger partial charge in [0.15, 0.2) is 6.10 Å². The van der Waals surface area contributed by atoms with Gasteiger partial charge in [-0.05, 0) is 12.3 Å². The normalized spacial score (nSPS) is 14.2. The van der Waals surface area contributed by atoms with Gasteiger partial charge in [-0.1, -0.05) is 52.2 Å². The molecule has 1 N–H and O–H groups in total. The van der Waals surface area contributed by atoms with Gasteiger partial charge < -0.3 is 9.84 Å². The Labute approximate surface area is 98.5 Å². The van der Waals surface area contributed by atoms with Gasteiger partial charge in [0.1, 0.15) is 6.61 Å². The van der Waals surface area contributed by atoms with Crippen molar-refractivity contribution in [2.24, 2.45) is 5.92 Å². The monoisotopic (exact) mass is 228 g/mol. The maximum absolute atomic E-state index is 11.4. The van der Waals surface area contributed by atoms with E-state index in [0.717, 1.165) is 32.1 Å². The summed E-state index contributed by atoms with van der Waals surface area (Å²) in [5, 5.41) is 9.79. The molecule has 0 aliphatic carbocycles. The maximum Gasteiger partial charge on any atom is 0.335 e. The molecule has 0 heterocycles. The molecule has 0 amide bonds. The van der Waals surface area contributed by atoms with Crippen molar-refractivity contribution in [1.29, 1.82) is 0 Å². The number of aliphatic hydroxyl groups is 1. The maximum atomic E-state index is 11.4. The molecular formula is C13H24O3. The number of carbonyl (C=O) groups excluding carboxylic acids is 1. The van der Waals surface area contributed by atoms with Crippen LogP contribution in [0, 0.1) is 5.92 Å². The summed E-state index contributed by atoms with van der Waals surface area (Å²) in [7, 11) is 0. The topological polar surface area (TPSA) is 46.5 Å². The van der Waals surface area contributed by atoms with Crippen molar-refractivity contribution in [3.05, 3.63) is 12.7 Å². The molecule has 0 aromatic rings. The molecule has 0 rings (SSSR count). The Bertz CT molecular complexity index is 201. The summed E-state index contributed by atoms with van der Waals surface area (Å²) in [5.41, 5.74) is 0. The van der Waals surface area contributed by atoms with Crippen LogP contribution >= 0.6 is 0 Å². The molecule has 0 saturated heterocycles. The average molecular weight is 228 g/mol. The van der Waals surface area contributed by atoms with Crippen LogP contribution in [0.15, 0.2) is 12.7 Å². The molecule has 0 unspecified atom stereocenters. The third kappa shape index (κ3) is 5.91. The van der Waals surface area contributed by atoms with Crippen LogP contribution in [0.4, 0.5) is 0 Å². The van der Waals surface area contributed by atoms with E-state index in [1.54, 1.807) is 0 Å². The Morgan fingerprint density at radius 1 is 1.44 bits per heavy atom. The lowest BCUT2D eigenvalue weighted by molar-refractivity contribution is -0.155. The van der Waals surface area contributed by atoms with E-state index in [9.17, 15) is 9.90 Å². The molecule has 94 valence electrons. The van der Waals surface area contributed by atoms with E-state index < -0.39 is 12.1 Å². The summed E-state index contributed by atoms with van der Waals surface area (Å²) in [5.74, 6) is -0.507. The van der Waals surface area contributed by atoms with Gasteiger partial charge in [-0.3, -0.25) is 0 Å². The first-order valence-corrected chi connectivity index (χ1v) is 6.12. The van der Waals surface area contributed by atoms with Gasteiger partial charge in [0, 0.05) is 0 Å². The molecule has 3 nitrogen and oxygen atoms in total. The molecule has 0 aromatic heterocycles. The molecule has 0 aliphatic rings. The van der Waals surface area contributed by atoms with Crippen LogP contribution in [0.5, 0.6) is 0 Å². The molecule has 0 spiro atoms. The lowest BCUT2D eigenvalue weighted by atomic mass is 9.93. The molecular weight excluding hydrogens is 204 g/mol. The summed E-state index contributed by atoms with van der Waals surface area (Å²) in [6.07, 6.45) is 5.55. The Kier molecular flexibility index (Phi) is 8.91. The molecule has 0 fully saturated rings. The number of esters is 1. The highest BCUT2D eigenvalue weighted by molar-refractivity contribution is 5.74. The predicted octanol–water partition coefficient (Wildman–Crippen LogP) is 2.68. The highest BCUT2D eigenvalue weighted by atomic mass is 16.5. The zero-order valence-corrected chi connectivity index (χ0v) is 10.4. The van der Waals surface area contributed by atoms with E-state index in [4.69, 9.17) is 4.74 Å². The van der Waals surface area contributed by atoms with Gasteiger partial charge in [-0.15, -0.1) is 0 Å². The van der Waals surface area contributed by atoms with Crippen LogP contribution in [0.25, 0.3) is 0 Å². The molecule has 3 heteroatoms. The van der Waals surface area contributed by atoms with Crippen LogP contribution in [-0.2, 0) is 9.53 Å². The van der Waals surface area contributed by atoms with Crippen molar-refractivity contribution in [2.45, 2.75) is 52.1 Å². The van der Waals surface area contributed by atoms with E-state index in [0.29, 0.717) is 0 Å². The molecule has 2 atom stereocenters. The summed E-state index contributed by atoms with van der Waals surface area (Å²) >= 11 is 0. The molecule has 0 saturated carbocycles. The second-order valence-electron chi connectivity index (χ2n) is 4.03. The molecule has 0 aromatic carbocycles. The number of hydrogen-bond donors (Lipinski definition) is 1. The fourth-order valence-corrected chi connectivity index (χ4v) is 1.66. The van der Waals surface area contributed by atoms with Crippen LogP contribution in [-0.4, -0.2) is 23.8 Å². The first-order chi connectivity index (χ1) is 7.67. The largest absolute Gasteiger partial charge is 0.460 e. The van der Waals surface area contributed by atoms with Gasteiger partial charge in [0.05, 0.1) is 0 Å². The number of rotatable bonds is 9. The minimum Gasteiger partial charge on any atom is -0.460 e. The zero-order valence-electron chi connectivity index (χ0n) is 10.4. The highest BCUT2D eigenvalue weighted by Gasteiger charge is 2.25. The first-order valence-electron chi connectivity index (χ1n) is 6.12. The van der Waals surface area contributed by atoms with Gasteiger partial charge in [-0.2, -0.15) is 0 Å². The van der Waals surface area contributed by atoms with E-state index >= 15 is 0 Å². The third-order valence-corrected chi connectivity index (χ3v) is 2.73. The van der Waals surface area contributed by atoms with Crippen molar-refractivity contribution < 1.29 is 14.6 Å². The second kappa shape index (κ2) is 9.40. The Morgan fingerprint density at radius 2 is 2.12 bits per heavy atom. The smallest absolute Gasteiger partial charge is 0.335 e. The van der Waals surface area contributed by atoms with Gasteiger partial charge in [-0.25, -0.2) is 4.79 Å². The van der Waals surface area contributed by atoms with Gasteiger partial charge >= 0.3 is 5.97 Å². The van der Waals surface area contributed by atoms with E-state index in [2.05, 4.69) is 13.5 Å². The zero-order chi connectivity index (χ0) is 12.4. The van der Waals surface area contributed by atoms with Crippen molar-refractivity contribution in [3.63, 3.8) is 0 Å². The lowest BCUT2D eigenvalue weighted by Crippen LogP contribution is -2.31. The standard InChI is InChI=1S/C13H24O3/c1-4-7-8-9-11(6-3)12(14)13(15)16-10-5-2/h5,11-12,14H,2,4,6-10H2,1,3H3/t11-,12-/m0/s1. The second-order valence-corrected chi connectivity index (χ2v) is 4.03. The number of unbranched alkanes of at least 4 members (excludes halogenated alkanes) is 2. The minimum atomic E-state index is -0.984. The SMILES string of the molecule is C=CCOC(=O)[C@@H](O)[C@@H](CC)CCCCC. The van der Waals surface area contributed by atoms with Crippen LogP contribution in [0.2, 0.25) is 0 Å². The fourth-order valence-electron chi connectivity index (χ4n) is 1.66. The Balaban J connectivity index is 4.01. The number of carbonyl (C=O) groups is 1.